The Bertz CT molecular complexity index is 133. The standard InChI is InChI=1S/C10H25O3P/c1-4-7-8-9-10-13-14(11,6-3)12-5-2/h11,14H,4-10H2,1-3H3. The molecule has 0 heterocycles. The summed E-state index contributed by atoms with van der Waals surface area (Å²) in [5.41, 5.74) is 0. The summed E-state index contributed by atoms with van der Waals surface area (Å²) in [6.07, 6.45) is 5.27. The van der Waals surface area contributed by atoms with Crippen LogP contribution in [0.15, 0.2) is 0 Å². The zero-order valence-electron chi connectivity index (χ0n) is 9.71. The third-order valence-corrected chi connectivity index (χ3v) is 4.43. The van der Waals surface area contributed by atoms with Crippen LogP contribution in [0.2, 0.25) is 0 Å². The SMILES string of the molecule is CCCCCCO[PH](O)(CC)OCC. The van der Waals surface area contributed by atoms with E-state index in [1.165, 1.54) is 19.3 Å². The van der Waals surface area contributed by atoms with Gasteiger partial charge in [0, 0.05) is 0 Å². The molecule has 0 bridgehead atoms. The van der Waals surface area contributed by atoms with Crippen molar-refractivity contribution >= 4 is 7.94 Å². The van der Waals surface area contributed by atoms with Crippen LogP contribution in [0.25, 0.3) is 0 Å². The number of rotatable bonds is 9. The normalized spacial score (nSPS) is 13.1. The molecule has 0 spiro atoms. The maximum absolute atomic E-state index is 9.87. The zero-order chi connectivity index (χ0) is 10.9. The van der Waals surface area contributed by atoms with Gasteiger partial charge in [-0.25, -0.2) is 0 Å². The first kappa shape index (κ1) is 14.3. The van der Waals surface area contributed by atoms with Gasteiger partial charge in [0.25, 0.3) is 0 Å². The van der Waals surface area contributed by atoms with Crippen molar-refractivity contribution in [2.45, 2.75) is 46.5 Å². The van der Waals surface area contributed by atoms with Crippen LogP contribution in [0.4, 0.5) is 0 Å². The first-order valence-corrected chi connectivity index (χ1v) is 7.65. The molecule has 0 saturated carbocycles. The number of hydrogen-bond donors (Lipinski definition) is 1. The monoisotopic (exact) mass is 224 g/mol. The molecule has 14 heavy (non-hydrogen) atoms. The molecule has 0 fully saturated rings. The Morgan fingerprint density at radius 2 is 1.71 bits per heavy atom. The van der Waals surface area contributed by atoms with E-state index in [1.807, 2.05) is 13.8 Å². The van der Waals surface area contributed by atoms with Crippen molar-refractivity contribution < 1.29 is 13.9 Å². The molecule has 1 N–H and O–H groups in total. The van der Waals surface area contributed by atoms with Crippen LogP contribution < -0.4 is 0 Å². The molecular formula is C10H25O3P. The van der Waals surface area contributed by atoms with E-state index in [0.717, 1.165) is 6.42 Å². The first-order chi connectivity index (χ1) is 6.68. The minimum absolute atomic E-state index is 0.533. The van der Waals surface area contributed by atoms with Crippen molar-refractivity contribution in [3.05, 3.63) is 0 Å². The van der Waals surface area contributed by atoms with E-state index in [9.17, 15) is 4.89 Å². The second kappa shape index (κ2) is 8.60. The third kappa shape index (κ3) is 6.72. The Kier molecular flexibility index (Phi) is 8.80. The summed E-state index contributed by atoms with van der Waals surface area (Å²) in [6.45, 7) is 7.14. The van der Waals surface area contributed by atoms with Gasteiger partial charge in [0.15, 0.2) is 0 Å². The molecule has 0 atom stereocenters. The van der Waals surface area contributed by atoms with E-state index in [4.69, 9.17) is 9.05 Å². The van der Waals surface area contributed by atoms with Crippen LogP contribution >= 0.6 is 7.94 Å². The molecule has 0 aliphatic heterocycles. The second-order valence-electron chi connectivity index (χ2n) is 3.41. The van der Waals surface area contributed by atoms with E-state index in [0.29, 0.717) is 19.4 Å². The van der Waals surface area contributed by atoms with Crippen molar-refractivity contribution in [1.29, 1.82) is 0 Å². The van der Waals surface area contributed by atoms with Gasteiger partial charge < -0.3 is 0 Å². The molecule has 0 unspecified atom stereocenters. The van der Waals surface area contributed by atoms with Crippen LogP contribution in [0.1, 0.15) is 46.5 Å². The Morgan fingerprint density at radius 1 is 1.00 bits per heavy atom. The molecule has 0 aromatic carbocycles. The molecular weight excluding hydrogens is 199 g/mol. The first-order valence-electron chi connectivity index (χ1n) is 5.68. The molecule has 0 aliphatic carbocycles. The van der Waals surface area contributed by atoms with Crippen molar-refractivity contribution in [3.8, 4) is 0 Å². The summed E-state index contributed by atoms with van der Waals surface area (Å²) >= 11 is 0. The Labute approximate surface area is 88.4 Å². The average molecular weight is 224 g/mol. The Morgan fingerprint density at radius 3 is 2.21 bits per heavy atom. The molecule has 0 aromatic heterocycles. The van der Waals surface area contributed by atoms with E-state index in [2.05, 4.69) is 6.92 Å². The zero-order valence-corrected chi connectivity index (χ0v) is 10.7. The van der Waals surface area contributed by atoms with Gasteiger partial charge in [-0.2, -0.15) is 0 Å². The summed E-state index contributed by atoms with van der Waals surface area (Å²) in [5, 5.41) is 0. The molecule has 0 aromatic rings. The minimum atomic E-state index is -2.78. The van der Waals surface area contributed by atoms with Crippen LogP contribution in [-0.2, 0) is 9.05 Å². The van der Waals surface area contributed by atoms with E-state index < -0.39 is 7.94 Å². The number of unbranched alkanes of at least 4 members (excludes halogenated alkanes) is 3. The summed E-state index contributed by atoms with van der Waals surface area (Å²) in [5.74, 6) is 0. The van der Waals surface area contributed by atoms with Crippen molar-refractivity contribution in [2.24, 2.45) is 0 Å². The molecule has 3 nitrogen and oxygen atoms in total. The van der Waals surface area contributed by atoms with Gasteiger partial charge in [-0.1, -0.05) is 0 Å². The molecule has 0 rings (SSSR count). The summed E-state index contributed by atoms with van der Waals surface area (Å²) in [7, 11) is -2.78. The van der Waals surface area contributed by atoms with Crippen molar-refractivity contribution in [2.75, 3.05) is 19.4 Å². The topological polar surface area (TPSA) is 38.7 Å². The van der Waals surface area contributed by atoms with Crippen LogP contribution in [0, 0.1) is 0 Å². The summed E-state index contributed by atoms with van der Waals surface area (Å²) in [6, 6.07) is 0. The quantitative estimate of drug-likeness (QED) is 0.483. The third-order valence-electron chi connectivity index (χ3n) is 2.14. The van der Waals surface area contributed by atoms with E-state index in [1.54, 1.807) is 0 Å². The Balaban J connectivity index is 3.51. The number of hydrogen-bond acceptors (Lipinski definition) is 3. The molecule has 0 aliphatic rings. The predicted molar refractivity (Wildman–Crippen MR) is 62.8 cm³/mol. The molecule has 0 radical (unpaired) electrons. The molecule has 0 amide bonds. The van der Waals surface area contributed by atoms with Gasteiger partial charge in [0.1, 0.15) is 0 Å². The fourth-order valence-electron chi connectivity index (χ4n) is 1.23. The van der Waals surface area contributed by atoms with Crippen LogP contribution in [0.5, 0.6) is 0 Å². The van der Waals surface area contributed by atoms with Gasteiger partial charge in [0.05, 0.1) is 0 Å². The molecule has 88 valence electrons. The van der Waals surface area contributed by atoms with Gasteiger partial charge in [-0.15, -0.1) is 0 Å². The molecule has 4 heteroatoms. The van der Waals surface area contributed by atoms with Gasteiger partial charge >= 0.3 is 87.7 Å². The fraction of sp³-hybridized carbons (Fsp3) is 1.00. The molecule has 0 saturated heterocycles. The Hall–Kier alpha value is 0.310. The van der Waals surface area contributed by atoms with Gasteiger partial charge in [0.2, 0.25) is 0 Å². The second-order valence-corrected chi connectivity index (χ2v) is 6.12. The van der Waals surface area contributed by atoms with E-state index in [-0.39, 0.29) is 0 Å². The van der Waals surface area contributed by atoms with Crippen molar-refractivity contribution in [1.82, 2.24) is 0 Å². The predicted octanol–water partition coefficient (Wildman–Crippen LogP) is 3.13. The fourth-order valence-corrected chi connectivity index (χ4v) is 2.64. The van der Waals surface area contributed by atoms with Gasteiger partial charge in [-0.3, -0.25) is 0 Å². The summed E-state index contributed by atoms with van der Waals surface area (Å²) < 4.78 is 10.7. The van der Waals surface area contributed by atoms with Crippen molar-refractivity contribution in [3.63, 3.8) is 0 Å². The van der Waals surface area contributed by atoms with E-state index >= 15 is 0 Å². The average Bonchev–Trinajstić information content (AvgIpc) is 2.18. The summed E-state index contributed by atoms with van der Waals surface area (Å²) in [4.78, 5) is 9.87. The van der Waals surface area contributed by atoms with Gasteiger partial charge in [-0.05, 0) is 0 Å². The van der Waals surface area contributed by atoms with Crippen LogP contribution in [-0.4, -0.2) is 24.3 Å². The maximum atomic E-state index is 9.87. The van der Waals surface area contributed by atoms with Crippen LogP contribution in [0.3, 0.4) is 0 Å².